The third-order valence-corrected chi connectivity index (χ3v) is 7.60. The number of rotatable bonds is 8. The molecule has 0 radical (unpaired) electrons. The van der Waals surface area contributed by atoms with Crippen molar-refractivity contribution in [1.29, 1.82) is 0 Å². The summed E-state index contributed by atoms with van der Waals surface area (Å²) in [5.41, 5.74) is 1.63. The number of benzene rings is 1. The number of amides is 1. The lowest BCUT2D eigenvalue weighted by molar-refractivity contribution is 0.00418. The number of halogens is 1. The Morgan fingerprint density at radius 3 is 2.47 bits per heavy atom. The summed E-state index contributed by atoms with van der Waals surface area (Å²) < 4.78 is 27.3. The number of nitrogens with zero attached hydrogens (tertiary/aromatic N) is 6. The predicted molar refractivity (Wildman–Crippen MR) is 162 cm³/mol. The van der Waals surface area contributed by atoms with Crippen LogP contribution in [0.15, 0.2) is 46.9 Å². The second-order valence-corrected chi connectivity index (χ2v) is 12.5. The number of nitrogens with two attached hydrogens (primary N) is 1. The highest BCUT2D eigenvalue weighted by Crippen LogP contribution is 2.40. The lowest BCUT2D eigenvalue weighted by Crippen LogP contribution is -2.42. The average molecular weight is 594 g/mol. The monoisotopic (exact) mass is 593 g/mol. The van der Waals surface area contributed by atoms with Crippen molar-refractivity contribution >= 4 is 28.6 Å². The fraction of sp³-hybridized carbons (Fsp3) is 0.516. The smallest absolute Gasteiger partial charge is 0.410 e. The Labute approximate surface area is 250 Å². The van der Waals surface area contributed by atoms with E-state index in [2.05, 4.69) is 19.6 Å². The molecule has 2 aliphatic rings. The number of imidazole rings is 1. The lowest BCUT2D eigenvalue weighted by Gasteiger charge is -2.32. The first-order valence-corrected chi connectivity index (χ1v) is 14.6. The van der Waals surface area contributed by atoms with Crippen molar-refractivity contribution in [2.45, 2.75) is 83.6 Å². The highest BCUT2D eigenvalue weighted by atomic mass is 19.1. The molecular formula is C31H40FN7O4. The van der Waals surface area contributed by atoms with Crippen LogP contribution in [0, 0.1) is 5.82 Å². The molecule has 1 saturated heterocycles. The van der Waals surface area contributed by atoms with E-state index in [1.54, 1.807) is 18.2 Å². The second kappa shape index (κ2) is 11.9. The number of pyridine rings is 1. The summed E-state index contributed by atoms with van der Waals surface area (Å²) >= 11 is 0. The normalized spacial score (nSPS) is 18.5. The number of likely N-dealkylation sites (tertiary alicyclic amines) is 1. The van der Waals surface area contributed by atoms with Gasteiger partial charge < -0.3 is 29.9 Å². The van der Waals surface area contributed by atoms with E-state index in [1.165, 1.54) is 12.1 Å². The van der Waals surface area contributed by atoms with Gasteiger partial charge in [0.25, 0.3) is 0 Å². The number of carbonyl (C=O) groups is 1. The van der Waals surface area contributed by atoms with Crippen molar-refractivity contribution in [3.63, 3.8) is 0 Å². The van der Waals surface area contributed by atoms with Crippen LogP contribution in [-0.4, -0.2) is 73.4 Å². The molecule has 1 aliphatic heterocycles. The fourth-order valence-corrected chi connectivity index (χ4v) is 5.21. The number of hydrazone groups is 1. The molecular weight excluding hydrogens is 553 g/mol. The van der Waals surface area contributed by atoms with Crippen molar-refractivity contribution in [3.8, 4) is 5.75 Å². The van der Waals surface area contributed by atoms with E-state index in [4.69, 9.17) is 20.3 Å². The Morgan fingerprint density at radius 2 is 1.86 bits per heavy atom. The first-order valence-electron chi connectivity index (χ1n) is 14.6. The zero-order valence-corrected chi connectivity index (χ0v) is 25.4. The number of piperidine rings is 1. The van der Waals surface area contributed by atoms with Crippen molar-refractivity contribution in [3.05, 3.63) is 53.9 Å². The summed E-state index contributed by atoms with van der Waals surface area (Å²) in [6, 6.07) is 6.79. The molecule has 3 aromatic rings. The molecule has 1 unspecified atom stereocenters. The lowest BCUT2D eigenvalue weighted by atomic mass is 10.0. The van der Waals surface area contributed by atoms with Gasteiger partial charge in [-0.25, -0.2) is 14.2 Å². The van der Waals surface area contributed by atoms with Gasteiger partial charge in [-0.1, -0.05) is 0 Å². The summed E-state index contributed by atoms with van der Waals surface area (Å²) in [6.45, 7) is 9.98. The number of aliphatic imine (C=N–C) groups is 1. The first-order chi connectivity index (χ1) is 20.3. The number of fused-ring (bicyclic) bond motifs is 1. The number of carbonyl (C=O) groups excluding carboxylic acids is 1. The molecule has 1 saturated carbocycles. The minimum Gasteiger partial charge on any atom is -0.488 e. The fourth-order valence-electron chi connectivity index (χ4n) is 5.21. The van der Waals surface area contributed by atoms with Crippen LogP contribution in [0.1, 0.15) is 77.6 Å². The van der Waals surface area contributed by atoms with Crippen molar-refractivity contribution in [2.24, 2.45) is 15.9 Å². The van der Waals surface area contributed by atoms with Gasteiger partial charge in [-0.15, -0.1) is 0 Å². The van der Waals surface area contributed by atoms with Crippen LogP contribution in [0.2, 0.25) is 0 Å². The van der Waals surface area contributed by atoms with Crippen LogP contribution >= 0.6 is 0 Å². The molecule has 2 aromatic heterocycles. The summed E-state index contributed by atoms with van der Waals surface area (Å²) in [6.07, 6.45) is 6.06. The van der Waals surface area contributed by atoms with Gasteiger partial charge in [0.05, 0.1) is 35.5 Å². The standard InChI is InChI=1S/C31H40FN7O4/c1-19(36-22-10-12-38(13-11-22)29(40)43-30(2,3)4)27(37-33)20-14-24-28(39(18-35-24)23-7-8-23)25(15-20)42-17-31(5,41)26-9-6-21(32)16-34-26/h6,9,14-16,18,22-23,41H,7-8,10-13,17,33H2,1-5H3/b36-19?,37-27+. The second-order valence-electron chi connectivity index (χ2n) is 12.5. The molecule has 0 bridgehead atoms. The minimum atomic E-state index is -1.48. The van der Waals surface area contributed by atoms with Gasteiger partial charge >= 0.3 is 6.09 Å². The Balaban J connectivity index is 1.37. The third-order valence-electron chi connectivity index (χ3n) is 7.60. The Bertz CT molecular complexity index is 1530. The van der Waals surface area contributed by atoms with Gasteiger partial charge in [-0.05, 0) is 84.6 Å². The first kappa shape index (κ1) is 30.4. The third kappa shape index (κ3) is 7.12. The van der Waals surface area contributed by atoms with Crippen LogP contribution in [0.3, 0.4) is 0 Å². The van der Waals surface area contributed by atoms with Gasteiger partial charge in [-0.2, -0.15) is 5.10 Å². The van der Waals surface area contributed by atoms with E-state index in [-0.39, 0.29) is 18.7 Å². The summed E-state index contributed by atoms with van der Waals surface area (Å²) in [4.78, 5) is 27.8. The maximum Gasteiger partial charge on any atom is 0.410 e. The van der Waals surface area contributed by atoms with Gasteiger partial charge in [0.2, 0.25) is 0 Å². The SMILES string of the molecule is CC(=NC1CCN(C(=O)OC(C)(C)C)CC1)/C(=N\N)c1cc(OCC(C)(O)c2ccc(F)cn2)c2c(c1)ncn2C1CC1. The highest BCUT2D eigenvalue weighted by molar-refractivity contribution is 6.47. The summed E-state index contributed by atoms with van der Waals surface area (Å²) in [7, 11) is 0. The van der Waals surface area contributed by atoms with Crippen molar-refractivity contribution in [1.82, 2.24) is 19.4 Å². The Kier molecular flexibility index (Phi) is 8.42. The number of aromatic nitrogens is 3. The number of ether oxygens (including phenoxy) is 2. The maximum absolute atomic E-state index is 13.4. The summed E-state index contributed by atoms with van der Waals surface area (Å²) in [5.74, 6) is 5.94. The maximum atomic E-state index is 13.4. The molecule has 1 aliphatic carbocycles. The molecule has 2 fully saturated rings. The van der Waals surface area contributed by atoms with Crippen molar-refractivity contribution in [2.75, 3.05) is 19.7 Å². The summed E-state index contributed by atoms with van der Waals surface area (Å²) in [5, 5.41) is 15.2. The molecule has 230 valence electrons. The van der Waals surface area contributed by atoms with E-state index in [0.717, 1.165) is 24.6 Å². The molecule has 1 aromatic carbocycles. The number of hydrogen-bond donors (Lipinski definition) is 2. The Hall–Kier alpha value is -4.06. The number of hydrogen-bond acceptors (Lipinski definition) is 9. The van der Waals surface area contributed by atoms with Crippen LogP contribution in [0.25, 0.3) is 11.0 Å². The zero-order valence-electron chi connectivity index (χ0n) is 25.4. The van der Waals surface area contributed by atoms with Gasteiger partial charge in [-0.3, -0.25) is 9.98 Å². The van der Waals surface area contributed by atoms with E-state index in [0.29, 0.717) is 65.9 Å². The topological polar surface area (TPSA) is 140 Å². The molecule has 11 nitrogen and oxygen atoms in total. The van der Waals surface area contributed by atoms with E-state index in [9.17, 15) is 14.3 Å². The Morgan fingerprint density at radius 1 is 1.14 bits per heavy atom. The van der Waals surface area contributed by atoms with Gasteiger partial charge in [0.1, 0.15) is 40.6 Å². The van der Waals surface area contributed by atoms with Gasteiger partial charge in [0.15, 0.2) is 0 Å². The molecule has 3 heterocycles. The quantitative estimate of drug-likeness (QED) is 0.219. The van der Waals surface area contributed by atoms with Crippen LogP contribution < -0.4 is 10.6 Å². The average Bonchev–Trinajstić information content (AvgIpc) is 3.70. The number of aliphatic hydroxyl groups is 1. The minimum absolute atomic E-state index is 0.00210. The molecule has 43 heavy (non-hydrogen) atoms. The molecule has 1 amide bonds. The molecule has 1 atom stereocenters. The van der Waals surface area contributed by atoms with Gasteiger partial charge in [0, 0.05) is 24.7 Å². The van der Waals surface area contributed by atoms with Crippen LogP contribution in [0.4, 0.5) is 9.18 Å². The van der Waals surface area contributed by atoms with E-state index < -0.39 is 17.0 Å². The van der Waals surface area contributed by atoms with Crippen molar-refractivity contribution < 1.29 is 23.8 Å². The van der Waals surface area contributed by atoms with Crippen LogP contribution in [0.5, 0.6) is 5.75 Å². The zero-order chi connectivity index (χ0) is 30.9. The predicted octanol–water partition coefficient (Wildman–Crippen LogP) is 4.72. The molecule has 12 heteroatoms. The highest BCUT2D eigenvalue weighted by Gasteiger charge is 2.31. The molecule has 5 rings (SSSR count). The molecule has 3 N–H and O–H groups in total. The van der Waals surface area contributed by atoms with E-state index >= 15 is 0 Å². The van der Waals surface area contributed by atoms with Crippen LogP contribution in [-0.2, 0) is 10.3 Å². The van der Waals surface area contributed by atoms with E-state index in [1.807, 2.05) is 39.8 Å². The molecule has 0 spiro atoms. The largest absolute Gasteiger partial charge is 0.488 e.